The minimum atomic E-state index is -0.832. The number of hydrogen-bond donors (Lipinski definition) is 2. The zero-order valence-corrected chi connectivity index (χ0v) is 12.8. The van der Waals surface area contributed by atoms with Gasteiger partial charge in [-0.05, 0) is 31.0 Å². The molecule has 0 spiro atoms. The Bertz CT molecular complexity index is 374. The largest absolute Gasteiger partial charge is 0.477 e. The predicted octanol–water partition coefficient (Wildman–Crippen LogP) is 4.14. The second-order valence-electron chi connectivity index (χ2n) is 5.34. The predicted molar refractivity (Wildman–Crippen MR) is 80.9 cm³/mol. The Kier molecular flexibility index (Phi) is 7.75. The van der Waals surface area contributed by atoms with Crippen LogP contribution in [0.2, 0.25) is 0 Å². The Morgan fingerprint density at radius 1 is 1.26 bits per heavy atom. The van der Waals surface area contributed by atoms with E-state index in [1.807, 2.05) is 6.07 Å². The van der Waals surface area contributed by atoms with E-state index in [0.29, 0.717) is 4.88 Å². The molecule has 1 aromatic heterocycles. The molecule has 0 aliphatic rings. The number of carboxylic acid groups (broad SMARTS) is 1. The normalized spacial score (nSPS) is 11.1. The van der Waals surface area contributed by atoms with Crippen LogP contribution in [-0.2, 0) is 6.54 Å². The molecular weight excluding hydrogens is 258 g/mol. The van der Waals surface area contributed by atoms with Crippen molar-refractivity contribution in [3.05, 3.63) is 21.9 Å². The molecule has 3 nitrogen and oxygen atoms in total. The zero-order chi connectivity index (χ0) is 14.1. The molecule has 0 saturated carbocycles. The minimum Gasteiger partial charge on any atom is -0.477 e. The number of rotatable bonds is 10. The van der Waals surface area contributed by atoms with Crippen LogP contribution >= 0.6 is 11.3 Å². The van der Waals surface area contributed by atoms with Gasteiger partial charge in [-0.2, -0.15) is 0 Å². The van der Waals surface area contributed by atoms with Crippen molar-refractivity contribution in [1.29, 1.82) is 0 Å². The van der Waals surface area contributed by atoms with Crippen molar-refractivity contribution < 1.29 is 9.90 Å². The van der Waals surface area contributed by atoms with Gasteiger partial charge in [0.25, 0.3) is 0 Å². The van der Waals surface area contributed by atoms with Crippen molar-refractivity contribution in [2.75, 3.05) is 6.54 Å². The third kappa shape index (κ3) is 7.33. The summed E-state index contributed by atoms with van der Waals surface area (Å²) in [6, 6.07) is 3.57. The maximum Gasteiger partial charge on any atom is 0.345 e. The SMILES string of the molecule is CC(C)CCCCCCNCc1ccc(C(=O)O)s1. The topological polar surface area (TPSA) is 49.3 Å². The monoisotopic (exact) mass is 283 g/mol. The van der Waals surface area contributed by atoms with E-state index in [9.17, 15) is 4.79 Å². The lowest BCUT2D eigenvalue weighted by Crippen LogP contribution is -2.13. The number of nitrogens with one attached hydrogen (secondary N) is 1. The van der Waals surface area contributed by atoms with Gasteiger partial charge in [0, 0.05) is 11.4 Å². The molecule has 0 saturated heterocycles. The van der Waals surface area contributed by atoms with Gasteiger partial charge in [0.2, 0.25) is 0 Å². The molecule has 1 rings (SSSR count). The molecule has 0 amide bonds. The fraction of sp³-hybridized carbons (Fsp3) is 0.667. The van der Waals surface area contributed by atoms with Crippen LogP contribution in [0.25, 0.3) is 0 Å². The van der Waals surface area contributed by atoms with Crippen LogP contribution in [0, 0.1) is 5.92 Å². The fourth-order valence-electron chi connectivity index (χ4n) is 1.96. The molecule has 0 aromatic carbocycles. The molecule has 0 aliphatic heterocycles. The third-order valence-electron chi connectivity index (χ3n) is 3.06. The number of aromatic carboxylic acids is 1. The van der Waals surface area contributed by atoms with E-state index in [1.54, 1.807) is 6.07 Å². The van der Waals surface area contributed by atoms with E-state index in [-0.39, 0.29) is 0 Å². The van der Waals surface area contributed by atoms with Gasteiger partial charge in [0.05, 0.1) is 0 Å². The molecule has 0 unspecified atom stereocenters. The molecule has 0 aliphatic carbocycles. The fourth-order valence-corrected chi connectivity index (χ4v) is 2.77. The summed E-state index contributed by atoms with van der Waals surface area (Å²) >= 11 is 1.35. The average molecular weight is 283 g/mol. The Morgan fingerprint density at radius 2 is 2.00 bits per heavy atom. The first-order valence-electron chi connectivity index (χ1n) is 7.12. The minimum absolute atomic E-state index is 0.422. The van der Waals surface area contributed by atoms with Gasteiger partial charge in [-0.1, -0.05) is 39.5 Å². The van der Waals surface area contributed by atoms with E-state index >= 15 is 0 Å². The molecule has 0 radical (unpaired) electrons. The first-order chi connectivity index (χ1) is 9.09. The van der Waals surface area contributed by atoms with Gasteiger partial charge in [-0.25, -0.2) is 4.79 Å². The summed E-state index contributed by atoms with van der Waals surface area (Å²) in [5.74, 6) is -0.0122. The number of thiophene rings is 1. The highest BCUT2D eigenvalue weighted by Gasteiger charge is 2.05. The van der Waals surface area contributed by atoms with Gasteiger partial charge in [-0.3, -0.25) is 0 Å². The smallest absolute Gasteiger partial charge is 0.345 e. The lowest BCUT2D eigenvalue weighted by molar-refractivity contribution is 0.0702. The van der Waals surface area contributed by atoms with Gasteiger partial charge in [0.1, 0.15) is 4.88 Å². The van der Waals surface area contributed by atoms with E-state index in [2.05, 4.69) is 19.2 Å². The highest BCUT2D eigenvalue weighted by molar-refractivity contribution is 7.13. The highest BCUT2D eigenvalue weighted by Crippen LogP contribution is 2.16. The van der Waals surface area contributed by atoms with Crippen LogP contribution in [0.4, 0.5) is 0 Å². The second kappa shape index (κ2) is 9.10. The summed E-state index contributed by atoms with van der Waals surface area (Å²) < 4.78 is 0. The first-order valence-corrected chi connectivity index (χ1v) is 7.94. The number of carbonyl (C=O) groups is 1. The van der Waals surface area contributed by atoms with Crippen LogP contribution in [0.1, 0.15) is 60.5 Å². The Labute approximate surface area is 120 Å². The summed E-state index contributed by atoms with van der Waals surface area (Å²) in [5, 5.41) is 12.2. The summed E-state index contributed by atoms with van der Waals surface area (Å²) in [6.07, 6.45) is 6.48. The Hall–Kier alpha value is -0.870. The summed E-state index contributed by atoms with van der Waals surface area (Å²) in [7, 11) is 0. The molecule has 4 heteroatoms. The van der Waals surface area contributed by atoms with Gasteiger partial charge in [-0.15, -0.1) is 11.3 Å². The standard InChI is InChI=1S/C15H25NO2S/c1-12(2)7-5-3-4-6-10-16-11-13-8-9-14(19-13)15(17)18/h8-9,12,16H,3-7,10-11H2,1-2H3,(H,17,18). The van der Waals surface area contributed by atoms with E-state index in [0.717, 1.165) is 23.9 Å². The quantitative estimate of drug-likeness (QED) is 0.634. The molecule has 0 bridgehead atoms. The number of unbranched alkanes of at least 4 members (excludes halogenated alkanes) is 3. The number of carboxylic acids is 1. The summed E-state index contributed by atoms with van der Waals surface area (Å²) in [5.41, 5.74) is 0. The van der Waals surface area contributed by atoms with Crippen molar-refractivity contribution in [2.24, 2.45) is 5.92 Å². The highest BCUT2D eigenvalue weighted by atomic mass is 32.1. The maximum atomic E-state index is 10.7. The third-order valence-corrected chi connectivity index (χ3v) is 4.13. The van der Waals surface area contributed by atoms with Gasteiger partial charge < -0.3 is 10.4 Å². The second-order valence-corrected chi connectivity index (χ2v) is 6.51. The van der Waals surface area contributed by atoms with Crippen molar-refractivity contribution in [2.45, 2.75) is 52.5 Å². The lowest BCUT2D eigenvalue weighted by atomic mass is 10.0. The Balaban J connectivity index is 2.00. The zero-order valence-electron chi connectivity index (χ0n) is 11.9. The molecule has 19 heavy (non-hydrogen) atoms. The molecule has 108 valence electrons. The van der Waals surface area contributed by atoms with Crippen LogP contribution in [0.5, 0.6) is 0 Å². The average Bonchev–Trinajstić information content (AvgIpc) is 2.81. The molecule has 0 atom stereocenters. The van der Waals surface area contributed by atoms with E-state index in [4.69, 9.17) is 5.11 Å². The van der Waals surface area contributed by atoms with Crippen molar-refractivity contribution >= 4 is 17.3 Å². The van der Waals surface area contributed by atoms with E-state index < -0.39 is 5.97 Å². The number of hydrogen-bond acceptors (Lipinski definition) is 3. The van der Waals surface area contributed by atoms with Gasteiger partial charge >= 0.3 is 5.97 Å². The first kappa shape index (κ1) is 16.2. The Morgan fingerprint density at radius 3 is 2.63 bits per heavy atom. The van der Waals surface area contributed by atoms with Crippen molar-refractivity contribution in [3.8, 4) is 0 Å². The molecule has 1 heterocycles. The van der Waals surface area contributed by atoms with Crippen molar-refractivity contribution in [3.63, 3.8) is 0 Å². The molecular formula is C15H25NO2S. The van der Waals surface area contributed by atoms with Gasteiger partial charge in [0.15, 0.2) is 0 Å². The van der Waals surface area contributed by atoms with Crippen molar-refractivity contribution in [1.82, 2.24) is 5.32 Å². The summed E-state index contributed by atoms with van der Waals surface area (Å²) in [6.45, 7) is 6.34. The van der Waals surface area contributed by atoms with Crippen LogP contribution < -0.4 is 5.32 Å². The lowest BCUT2D eigenvalue weighted by Gasteiger charge is -2.05. The van der Waals surface area contributed by atoms with Crippen LogP contribution in [0.3, 0.4) is 0 Å². The molecule has 1 aromatic rings. The molecule has 0 fully saturated rings. The summed E-state index contributed by atoms with van der Waals surface area (Å²) in [4.78, 5) is 12.2. The van der Waals surface area contributed by atoms with Crippen LogP contribution in [0.15, 0.2) is 12.1 Å². The maximum absolute atomic E-state index is 10.7. The van der Waals surface area contributed by atoms with Crippen LogP contribution in [-0.4, -0.2) is 17.6 Å². The molecule has 2 N–H and O–H groups in total. The van der Waals surface area contributed by atoms with E-state index in [1.165, 1.54) is 43.4 Å².